The van der Waals surface area contributed by atoms with Crippen molar-refractivity contribution in [1.82, 2.24) is 5.32 Å². The predicted octanol–water partition coefficient (Wildman–Crippen LogP) is 4.13. The van der Waals surface area contributed by atoms with Gasteiger partial charge in [-0.25, -0.2) is 0 Å². The minimum absolute atomic E-state index is 0.163. The summed E-state index contributed by atoms with van der Waals surface area (Å²) in [5.41, 5.74) is 2.66. The minimum Gasteiger partial charge on any atom is -0.479 e. The van der Waals surface area contributed by atoms with Crippen LogP contribution in [0.3, 0.4) is 0 Å². The fourth-order valence-corrected chi connectivity index (χ4v) is 2.66. The van der Waals surface area contributed by atoms with Gasteiger partial charge in [0, 0.05) is 5.69 Å². The van der Waals surface area contributed by atoms with E-state index in [1.807, 2.05) is 32.0 Å². The van der Waals surface area contributed by atoms with E-state index in [1.54, 1.807) is 25.1 Å². The molecule has 2 rings (SSSR count). The number of benzene rings is 2. The Morgan fingerprint density at radius 3 is 2.35 bits per heavy atom. The van der Waals surface area contributed by atoms with E-state index in [4.69, 9.17) is 27.9 Å². The Bertz CT molecular complexity index is 804. The lowest BCUT2D eigenvalue weighted by molar-refractivity contribution is -0.129. The highest BCUT2D eigenvalue weighted by Crippen LogP contribution is 2.32. The largest absolute Gasteiger partial charge is 0.479 e. The number of carbonyl (C=O) groups excluding carboxylic acids is 2. The van der Waals surface area contributed by atoms with Gasteiger partial charge in [0.05, 0.1) is 11.6 Å². The molecule has 0 aliphatic heterocycles. The van der Waals surface area contributed by atoms with Crippen LogP contribution in [0.15, 0.2) is 36.4 Å². The minimum atomic E-state index is -0.834. The standard InChI is InChI=1S/C19H20Cl2N2O3/c1-11-6-4-7-12(2)18(11)23-16(24)10-22-19(25)13(3)26-15-9-5-8-14(20)17(15)21/h4-9,13H,10H2,1-3H3,(H,22,25)(H,23,24)/t13-/m0/s1. The molecule has 138 valence electrons. The Hall–Kier alpha value is -2.24. The summed E-state index contributed by atoms with van der Waals surface area (Å²) >= 11 is 12.0. The van der Waals surface area contributed by atoms with E-state index in [0.29, 0.717) is 10.8 Å². The van der Waals surface area contributed by atoms with Crippen molar-refractivity contribution in [3.05, 3.63) is 57.6 Å². The van der Waals surface area contributed by atoms with Gasteiger partial charge in [-0.15, -0.1) is 0 Å². The zero-order valence-electron chi connectivity index (χ0n) is 14.7. The van der Waals surface area contributed by atoms with Gasteiger partial charge >= 0.3 is 0 Å². The van der Waals surface area contributed by atoms with Gasteiger partial charge in [0.2, 0.25) is 5.91 Å². The number of ether oxygens (including phenoxy) is 1. The molecule has 7 heteroatoms. The van der Waals surface area contributed by atoms with Gasteiger partial charge in [-0.05, 0) is 44.0 Å². The summed E-state index contributed by atoms with van der Waals surface area (Å²) in [6.07, 6.45) is -0.834. The van der Waals surface area contributed by atoms with Gasteiger partial charge in [0.1, 0.15) is 10.8 Å². The molecular weight excluding hydrogens is 375 g/mol. The first-order valence-electron chi connectivity index (χ1n) is 8.04. The molecule has 0 saturated heterocycles. The van der Waals surface area contributed by atoms with Crippen molar-refractivity contribution in [1.29, 1.82) is 0 Å². The number of rotatable bonds is 6. The summed E-state index contributed by atoms with van der Waals surface area (Å²) < 4.78 is 5.52. The molecule has 0 saturated carbocycles. The van der Waals surface area contributed by atoms with Crippen LogP contribution in [-0.2, 0) is 9.59 Å². The third-order valence-corrected chi connectivity index (χ3v) is 4.56. The normalized spacial score (nSPS) is 11.6. The number of para-hydroxylation sites is 1. The second-order valence-corrected chi connectivity index (χ2v) is 6.63. The second kappa shape index (κ2) is 8.92. The fourth-order valence-electron chi connectivity index (χ4n) is 2.33. The Morgan fingerprint density at radius 2 is 1.69 bits per heavy atom. The Kier molecular flexibility index (Phi) is 6.89. The van der Waals surface area contributed by atoms with Crippen LogP contribution < -0.4 is 15.4 Å². The van der Waals surface area contributed by atoms with Crippen LogP contribution in [-0.4, -0.2) is 24.5 Å². The average Bonchev–Trinajstić information content (AvgIpc) is 2.60. The SMILES string of the molecule is Cc1cccc(C)c1NC(=O)CNC(=O)[C@H](C)Oc1cccc(Cl)c1Cl. The van der Waals surface area contributed by atoms with E-state index >= 15 is 0 Å². The van der Waals surface area contributed by atoms with Crippen molar-refractivity contribution in [2.75, 3.05) is 11.9 Å². The number of anilines is 1. The third kappa shape index (κ3) is 5.13. The van der Waals surface area contributed by atoms with E-state index in [1.165, 1.54) is 0 Å². The van der Waals surface area contributed by atoms with Gasteiger partial charge in [-0.2, -0.15) is 0 Å². The van der Waals surface area contributed by atoms with Crippen LogP contribution in [0.1, 0.15) is 18.1 Å². The molecule has 0 aromatic heterocycles. The average molecular weight is 395 g/mol. The summed E-state index contributed by atoms with van der Waals surface area (Å²) in [7, 11) is 0. The van der Waals surface area contributed by atoms with Crippen LogP contribution in [0, 0.1) is 13.8 Å². The van der Waals surface area contributed by atoms with E-state index in [9.17, 15) is 9.59 Å². The summed E-state index contributed by atoms with van der Waals surface area (Å²) in [4.78, 5) is 24.2. The third-order valence-electron chi connectivity index (χ3n) is 3.76. The maximum absolute atomic E-state index is 12.1. The van der Waals surface area contributed by atoms with E-state index < -0.39 is 12.0 Å². The molecule has 2 N–H and O–H groups in total. The van der Waals surface area contributed by atoms with E-state index in [-0.39, 0.29) is 17.5 Å². The fraction of sp³-hybridized carbons (Fsp3) is 0.263. The lowest BCUT2D eigenvalue weighted by Crippen LogP contribution is -2.40. The first-order chi connectivity index (χ1) is 12.3. The summed E-state index contributed by atoms with van der Waals surface area (Å²) in [6.45, 7) is 5.22. The smallest absolute Gasteiger partial charge is 0.261 e. The summed E-state index contributed by atoms with van der Waals surface area (Å²) in [6, 6.07) is 10.6. The molecule has 0 bridgehead atoms. The summed E-state index contributed by atoms with van der Waals surface area (Å²) in [5.74, 6) is -0.441. The number of carbonyl (C=O) groups is 2. The Morgan fingerprint density at radius 1 is 1.08 bits per heavy atom. The molecule has 2 aromatic carbocycles. The highest BCUT2D eigenvalue weighted by molar-refractivity contribution is 6.42. The highest BCUT2D eigenvalue weighted by Gasteiger charge is 2.18. The number of hydrogen-bond donors (Lipinski definition) is 2. The van der Waals surface area contributed by atoms with Gasteiger partial charge in [-0.3, -0.25) is 9.59 Å². The zero-order chi connectivity index (χ0) is 19.3. The number of amides is 2. The van der Waals surface area contributed by atoms with Crippen molar-refractivity contribution < 1.29 is 14.3 Å². The molecule has 0 aliphatic rings. The molecule has 0 aliphatic carbocycles. The van der Waals surface area contributed by atoms with Crippen molar-refractivity contribution in [2.24, 2.45) is 0 Å². The number of aryl methyl sites for hydroxylation is 2. The van der Waals surface area contributed by atoms with E-state index in [0.717, 1.165) is 16.8 Å². The monoisotopic (exact) mass is 394 g/mol. The molecule has 0 spiro atoms. The Labute approximate surface area is 162 Å². The number of hydrogen-bond acceptors (Lipinski definition) is 3. The van der Waals surface area contributed by atoms with E-state index in [2.05, 4.69) is 10.6 Å². The number of halogens is 2. The van der Waals surface area contributed by atoms with Crippen molar-refractivity contribution in [3.8, 4) is 5.75 Å². The van der Waals surface area contributed by atoms with Crippen LogP contribution in [0.25, 0.3) is 0 Å². The molecule has 2 aromatic rings. The van der Waals surface area contributed by atoms with Gasteiger partial charge < -0.3 is 15.4 Å². The van der Waals surface area contributed by atoms with Gasteiger partial charge in [-0.1, -0.05) is 47.5 Å². The molecule has 0 fully saturated rings. The molecule has 0 radical (unpaired) electrons. The molecular formula is C19H20Cl2N2O3. The van der Waals surface area contributed by atoms with Crippen LogP contribution in [0.4, 0.5) is 5.69 Å². The van der Waals surface area contributed by atoms with Crippen molar-refractivity contribution >= 4 is 40.7 Å². The van der Waals surface area contributed by atoms with Crippen molar-refractivity contribution in [3.63, 3.8) is 0 Å². The first kappa shape index (κ1) is 20.1. The van der Waals surface area contributed by atoms with Crippen LogP contribution >= 0.6 is 23.2 Å². The zero-order valence-corrected chi connectivity index (χ0v) is 16.2. The topological polar surface area (TPSA) is 67.4 Å². The quantitative estimate of drug-likeness (QED) is 0.773. The van der Waals surface area contributed by atoms with Crippen LogP contribution in [0.2, 0.25) is 10.0 Å². The highest BCUT2D eigenvalue weighted by atomic mass is 35.5. The maximum Gasteiger partial charge on any atom is 0.261 e. The molecule has 0 heterocycles. The lowest BCUT2D eigenvalue weighted by atomic mass is 10.1. The molecule has 1 atom stereocenters. The summed E-state index contributed by atoms with van der Waals surface area (Å²) in [5, 5.41) is 5.92. The maximum atomic E-state index is 12.1. The molecule has 0 unspecified atom stereocenters. The first-order valence-corrected chi connectivity index (χ1v) is 8.79. The molecule has 5 nitrogen and oxygen atoms in total. The Balaban J connectivity index is 1.89. The van der Waals surface area contributed by atoms with Crippen LogP contribution in [0.5, 0.6) is 5.75 Å². The molecule has 2 amide bonds. The lowest BCUT2D eigenvalue weighted by Gasteiger charge is -2.16. The second-order valence-electron chi connectivity index (χ2n) is 5.84. The van der Waals surface area contributed by atoms with Gasteiger partial charge in [0.25, 0.3) is 5.91 Å². The predicted molar refractivity (Wildman–Crippen MR) is 104 cm³/mol. The van der Waals surface area contributed by atoms with Gasteiger partial charge in [0.15, 0.2) is 6.10 Å². The number of nitrogens with one attached hydrogen (secondary N) is 2. The van der Waals surface area contributed by atoms with Crippen molar-refractivity contribution in [2.45, 2.75) is 26.9 Å². The molecule has 26 heavy (non-hydrogen) atoms.